The summed E-state index contributed by atoms with van der Waals surface area (Å²) in [7, 11) is -4.39. The Labute approximate surface area is 294 Å². The van der Waals surface area contributed by atoms with Crippen molar-refractivity contribution in [1.82, 2.24) is 0 Å². The maximum atomic E-state index is 12.1. The van der Waals surface area contributed by atoms with Crippen LogP contribution in [0, 0.1) is 17.0 Å². The molecule has 5 rings (SSSR count). The number of nitro benzene ring substituents is 1. The number of allylic oxidation sites excluding steroid dienone is 4. The molecule has 3 aromatic rings. The number of hydrogen-bond acceptors (Lipinski definition) is 6. The van der Waals surface area contributed by atoms with Crippen molar-refractivity contribution in [3.8, 4) is 0 Å². The minimum Gasteiger partial charge on any atom is -0.481 e. The van der Waals surface area contributed by atoms with E-state index in [9.17, 15) is 27.9 Å². The summed E-state index contributed by atoms with van der Waals surface area (Å²) in [6, 6.07) is 18.0. The van der Waals surface area contributed by atoms with E-state index in [0.717, 1.165) is 66.1 Å². The summed E-state index contributed by atoms with van der Waals surface area (Å²) in [5.41, 5.74) is 7.62. The molecule has 2 N–H and O–H groups in total. The first-order valence-electron chi connectivity index (χ1n) is 17.0. The minimum atomic E-state index is -4.39. The van der Waals surface area contributed by atoms with Crippen LogP contribution in [0.1, 0.15) is 82.1 Å². The van der Waals surface area contributed by atoms with Crippen molar-refractivity contribution in [3.63, 3.8) is 0 Å². The minimum absolute atomic E-state index is 0.0818. The molecule has 10 nitrogen and oxygen atoms in total. The van der Waals surface area contributed by atoms with Crippen molar-refractivity contribution in [2.24, 2.45) is 0 Å². The van der Waals surface area contributed by atoms with Crippen molar-refractivity contribution in [1.29, 1.82) is 0 Å². The van der Waals surface area contributed by atoms with Gasteiger partial charge in [0, 0.05) is 66.0 Å². The number of fused-ring (bicyclic) bond motifs is 2. The summed E-state index contributed by atoms with van der Waals surface area (Å²) >= 11 is 0. The van der Waals surface area contributed by atoms with Crippen LogP contribution < -0.4 is 4.90 Å². The van der Waals surface area contributed by atoms with Crippen molar-refractivity contribution in [3.05, 3.63) is 117 Å². The van der Waals surface area contributed by atoms with Crippen LogP contribution >= 0.6 is 0 Å². The highest BCUT2D eigenvalue weighted by Crippen LogP contribution is 2.48. The number of nitrogens with zero attached hydrogens (tertiary/aromatic N) is 3. The summed E-state index contributed by atoms with van der Waals surface area (Å²) in [5.74, 6) is -0.814. The third-order valence-corrected chi connectivity index (χ3v) is 10.8. The molecule has 0 unspecified atom stereocenters. The molecule has 264 valence electrons. The van der Waals surface area contributed by atoms with Gasteiger partial charge in [-0.25, -0.2) is 0 Å². The van der Waals surface area contributed by atoms with Gasteiger partial charge >= 0.3 is 5.97 Å². The average molecular weight is 701 g/mol. The first-order chi connectivity index (χ1) is 23.5. The van der Waals surface area contributed by atoms with E-state index in [2.05, 4.69) is 66.7 Å². The fraction of sp³-hybridized carbons (Fsp3) is 0.385. The first-order valence-corrected chi connectivity index (χ1v) is 18.5. The molecule has 0 aromatic heterocycles. The van der Waals surface area contributed by atoms with Gasteiger partial charge in [-0.3, -0.25) is 19.5 Å². The number of aryl methyl sites for hydroxylation is 2. The summed E-state index contributed by atoms with van der Waals surface area (Å²) in [5, 5.41) is 20.2. The van der Waals surface area contributed by atoms with Gasteiger partial charge in [0.05, 0.1) is 15.2 Å². The molecule has 2 aliphatic heterocycles. The number of hydrogen-bond donors (Lipinski definition) is 2. The molecule has 0 aliphatic carbocycles. The molecule has 3 aromatic carbocycles. The number of benzene rings is 3. The number of carboxylic acids is 1. The predicted octanol–water partition coefficient (Wildman–Crippen LogP) is 8.04. The second kappa shape index (κ2) is 14.3. The lowest BCUT2D eigenvalue weighted by Crippen LogP contribution is -2.28. The van der Waals surface area contributed by atoms with E-state index in [1.807, 2.05) is 26.0 Å². The van der Waals surface area contributed by atoms with Crippen LogP contribution in [0.4, 0.5) is 17.1 Å². The van der Waals surface area contributed by atoms with E-state index in [1.165, 1.54) is 17.2 Å². The van der Waals surface area contributed by atoms with Crippen LogP contribution in [-0.2, 0) is 32.2 Å². The number of anilines is 1. The molecule has 0 saturated carbocycles. The molecule has 11 heteroatoms. The van der Waals surface area contributed by atoms with Crippen LogP contribution in [0.3, 0.4) is 0 Å². The molecular weight excluding hydrogens is 655 g/mol. The molecule has 50 heavy (non-hydrogen) atoms. The monoisotopic (exact) mass is 700 g/mol. The molecule has 0 saturated heterocycles. The second-order valence-corrected chi connectivity index (χ2v) is 15.7. The molecule has 0 radical (unpaired) electrons. The summed E-state index contributed by atoms with van der Waals surface area (Å²) < 4.78 is 36.1. The fourth-order valence-corrected chi connectivity index (χ4v) is 7.77. The normalized spacial score (nSPS) is 17.1. The van der Waals surface area contributed by atoms with Gasteiger partial charge in [0.15, 0.2) is 5.71 Å². The second-order valence-electron chi connectivity index (χ2n) is 14.3. The Morgan fingerprint density at radius 3 is 2.32 bits per heavy atom. The van der Waals surface area contributed by atoms with Gasteiger partial charge < -0.3 is 10.0 Å². The van der Waals surface area contributed by atoms with Crippen LogP contribution in [0.2, 0.25) is 0 Å². The zero-order chi connectivity index (χ0) is 36.4. The van der Waals surface area contributed by atoms with Gasteiger partial charge in [0.1, 0.15) is 6.54 Å². The van der Waals surface area contributed by atoms with Crippen molar-refractivity contribution in [2.45, 2.75) is 88.9 Å². The van der Waals surface area contributed by atoms with Crippen molar-refractivity contribution in [2.75, 3.05) is 18.0 Å². The Balaban J connectivity index is 1.47. The molecule has 2 aliphatic rings. The number of unbranched alkanes of at least 4 members (excludes halogenated alkanes) is 2. The van der Waals surface area contributed by atoms with Gasteiger partial charge in [-0.15, -0.1) is 0 Å². The fourth-order valence-electron chi connectivity index (χ4n) is 7.27. The van der Waals surface area contributed by atoms with Gasteiger partial charge in [-0.2, -0.15) is 13.0 Å². The number of non-ortho nitro benzene ring substituents is 1. The summed E-state index contributed by atoms with van der Waals surface area (Å²) in [6.45, 7) is 12.0. The Bertz CT molecular complexity index is 2010. The predicted molar refractivity (Wildman–Crippen MR) is 195 cm³/mol. The van der Waals surface area contributed by atoms with Crippen LogP contribution in [0.25, 0.3) is 0 Å². The number of nitro groups is 1. The third-order valence-electron chi connectivity index (χ3n) is 9.98. The van der Waals surface area contributed by atoms with Gasteiger partial charge in [-0.05, 0) is 81.9 Å². The number of carboxylic acid groups (broad SMARTS) is 1. The highest BCUT2D eigenvalue weighted by Gasteiger charge is 2.45. The maximum Gasteiger partial charge on any atom is 0.303 e. The number of aliphatic carboxylic acids is 1. The number of rotatable bonds is 14. The van der Waals surface area contributed by atoms with Crippen LogP contribution in [-0.4, -0.2) is 52.3 Å². The van der Waals surface area contributed by atoms with Gasteiger partial charge in [-0.1, -0.05) is 49.8 Å². The molecule has 0 atom stereocenters. The lowest BCUT2D eigenvalue weighted by molar-refractivity contribution is -0.438. The van der Waals surface area contributed by atoms with E-state index in [0.29, 0.717) is 13.0 Å². The lowest BCUT2D eigenvalue weighted by Gasteiger charge is -2.27. The molecule has 2 heterocycles. The van der Waals surface area contributed by atoms with E-state index < -0.39 is 21.5 Å². The summed E-state index contributed by atoms with van der Waals surface area (Å²) in [4.78, 5) is 24.0. The Hall–Kier alpha value is -4.61. The SMILES string of the molecule is Cc1ccc2c(c1)C(C)(C)C(=CC=CC1=[N+](CCCCCC(=O)O)c3ccc(S(=O)(=O)O)cc3C1(C)C)N2CCCc1ccc([N+](=O)[O-])cc1. The van der Waals surface area contributed by atoms with Crippen molar-refractivity contribution >= 4 is 38.9 Å². The lowest BCUT2D eigenvalue weighted by atomic mass is 9.81. The standard InChI is InChI=1S/C39H45N3O7S/c1-27-15-21-33-31(25-27)38(2,3)35(41(33)24-10-11-28-16-18-29(19-17-28)42(45)46)12-9-13-36-39(4,5)32-26-30(50(47,48)49)20-22-34(32)40(36)23-8-6-7-14-37(43)44/h9,12-13,15-22,25-26H,6-8,10-11,14,23-24H2,1-5H3,(H-,43,44,47,48,49)/p+1. The zero-order valence-electron chi connectivity index (χ0n) is 29.3. The highest BCUT2D eigenvalue weighted by atomic mass is 32.2. The third kappa shape index (κ3) is 7.58. The van der Waals surface area contributed by atoms with E-state index in [1.54, 1.807) is 24.3 Å². The topological polar surface area (TPSA) is 141 Å². The zero-order valence-corrected chi connectivity index (χ0v) is 30.2. The quantitative estimate of drug-likeness (QED) is 0.0566. The number of carbonyl (C=O) groups is 1. The van der Waals surface area contributed by atoms with Gasteiger partial charge in [0.25, 0.3) is 15.8 Å². The van der Waals surface area contributed by atoms with E-state index in [-0.39, 0.29) is 27.3 Å². The van der Waals surface area contributed by atoms with Gasteiger partial charge in [0.2, 0.25) is 5.69 Å². The molecule has 0 fully saturated rings. The van der Waals surface area contributed by atoms with Crippen LogP contribution in [0.5, 0.6) is 0 Å². The maximum absolute atomic E-state index is 12.1. The molecule has 0 bridgehead atoms. The van der Waals surface area contributed by atoms with Crippen LogP contribution in [0.15, 0.2) is 89.5 Å². The Kier molecular flexibility index (Phi) is 10.5. The molecular formula is C39H46N3O7S+. The largest absolute Gasteiger partial charge is 0.481 e. The smallest absolute Gasteiger partial charge is 0.303 e. The van der Waals surface area contributed by atoms with E-state index >= 15 is 0 Å². The molecule has 0 spiro atoms. The molecule has 0 amide bonds. The Morgan fingerprint density at radius 1 is 0.940 bits per heavy atom. The van der Waals surface area contributed by atoms with Crippen molar-refractivity contribution < 1.29 is 32.4 Å². The van der Waals surface area contributed by atoms with E-state index in [4.69, 9.17) is 5.11 Å². The summed E-state index contributed by atoms with van der Waals surface area (Å²) in [6.07, 6.45) is 10.1. The average Bonchev–Trinajstić information content (AvgIpc) is 3.38. The highest BCUT2D eigenvalue weighted by molar-refractivity contribution is 7.85. The first kappa shape index (κ1) is 36.7. The Morgan fingerprint density at radius 2 is 1.66 bits per heavy atom.